The molecule has 2 N–H and O–H groups in total. The van der Waals surface area contributed by atoms with Crippen LogP contribution >= 0.6 is 0 Å². The Morgan fingerprint density at radius 2 is 1.64 bits per heavy atom. The molecule has 0 fully saturated rings. The van der Waals surface area contributed by atoms with Crippen molar-refractivity contribution in [2.45, 2.75) is 19.4 Å². The van der Waals surface area contributed by atoms with Crippen LogP contribution in [0.4, 0.5) is 0 Å². The first-order chi connectivity index (χ1) is 12.2. The van der Waals surface area contributed by atoms with E-state index in [-0.39, 0.29) is 19.1 Å². The SMILES string of the molecule is CCOc1cccc(OC(CO)C(CO)Cc2cccc(OC)c2)c1. The third-order valence-electron chi connectivity index (χ3n) is 3.98. The van der Waals surface area contributed by atoms with Gasteiger partial charge >= 0.3 is 0 Å². The molecule has 5 nitrogen and oxygen atoms in total. The zero-order chi connectivity index (χ0) is 18.1. The molecule has 2 aromatic rings. The fourth-order valence-electron chi connectivity index (χ4n) is 2.68. The summed E-state index contributed by atoms with van der Waals surface area (Å²) in [6.07, 6.45) is 0.0532. The Morgan fingerprint density at radius 1 is 0.920 bits per heavy atom. The van der Waals surface area contributed by atoms with Gasteiger partial charge in [0.1, 0.15) is 23.4 Å². The molecule has 136 valence electrons. The van der Waals surface area contributed by atoms with Gasteiger partial charge in [-0.3, -0.25) is 0 Å². The average molecular weight is 346 g/mol. The first-order valence-electron chi connectivity index (χ1n) is 8.44. The molecule has 0 heterocycles. The second kappa shape index (κ2) is 9.91. The van der Waals surface area contributed by atoms with Gasteiger partial charge in [0.15, 0.2) is 0 Å². The number of hydrogen-bond donors (Lipinski definition) is 2. The van der Waals surface area contributed by atoms with Crippen LogP contribution in [0.5, 0.6) is 17.2 Å². The van der Waals surface area contributed by atoms with Gasteiger partial charge in [0, 0.05) is 18.6 Å². The third kappa shape index (κ3) is 5.66. The first-order valence-corrected chi connectivity index (χ1v) is 8.44. The van der Waals surface area contributed by atoms with E-state index in [1.54, 1.807) is 13.2 Å². The van der Waals surface area contributed by atoms with E-state index in [1.807, 2.05) is 49.4 Å². The molecule has 0 aliphatic heterocycles. The minimum Gasteiger partial charge on any atom is -0.497 e. The van der Waals surface area contributed by atoms with E-state index in [1.165, 1.54) is 0 Å². The highest BCUT2D eigenvalue weighted by molar-refractivity contribution is 5.33. The van der Waals surface area contributed by atoms with Crippen molar-refractivity contribution >= 4 is 0 Å². The van der Waals surface area contributed by atoms with E-state index in [2.05, 4.69) is 0 Å². The van der Waals surface area contributed by atoms with Crippen molar-refractivity contribution in [2.75, 3.05) is 26.9 Å². The van der Waals surface area contributed by atoms with Crippen molar-refractivity contribution in [3.8, 4) is 17.2 Å². The fraction of sp³-hybridized carbons (Fsp3) is 0.400. The van der Waals surface area contributed by atoms with Gasteiger partial charge in [-0.15, -0.1) is 0 Å². The Bertz CT molecular complexity index is 643. The summed E-state index contributed by atoms with van der Waals surface area (Å²) in [5.41, 5.74) is 1.02. The Balaban J connectivity index is 2.09. The predicted octanol–water partition coefficient (Wildman–Crippen LogP) is 2.68. The van der Waals surface area contributed by atoms with E-state index < -0.39 is 6.10 Å². The lowest BCUT2D eigenvalue weighted by atomic mass is 9.94. The standard InChI is InChI=1S/C20H26O5/c1-3-24-18-8-5-9-19(12-18)25-20(14-22)16(13-21)10-15-6-4-7-17(11-15)23-2/h4-9,11-12,16,20-22H,3,10,13-14H2,1-2H3. The molecule has 0 spiro atoms. The second-order valence-electron chi connectivity index (χ2n) is 5.75. The zero-order valence-corrected chi connectivity index (χ0v) is 14.7. The minimum atomic E-state index is -0.520. The average Bonchev–Trinajstić information content (AvgIpc) is 2.65. The van der Waals surface area contributed by atoms with Crippen molar-refractivity contribution in [3.05, 3.63) is 54.1 Å². The maximum Gasteiger partial charge on any atom is 0.127 e. The molecule has 0 saturated carbocycles. The van der Waals surface area contributed by atoms with Gasteiger partial charge in [-0.25, -0.2) is 0 Å². The number of aliphatic hydroxyl groups is 2. The molecule has 2 atom stereocenters. The Morgan fingerprint density at radius 3 is 2.32 bits per heavy atom. The largest absolute Gasteiger partial charge is 0.497 e. The number of ether oxygens (including phenoxy) is 3. The van der Waals surface area contributed by atoms with Crippen LogP contribution in [-0.4, -0.2) is 43.2 Å². The lowest BCUT2D eigenvalue weighted by Crippen LogP contribution is -2.34. The van der Waals surface area contributed by atoms with Crippen molar-refractivity contribution in [2.24, 2.45) is 5.92 Å². The number of hydrogen-bond acceptors (Lipinski definition) is 5. The van der Waals surface area contributed by atoms with Crippen molar-refractivity contribution in [3.63, 3.8) is 0 Å². The van der Waals surface area contributed by atoms with Gasteiger partial charge < -0.3 is 24.4 Å². The lowest BCUT2D eigenvalue weighted by molar-refractivity contribution is 0.0402. The molecule has 0 aromatic heterocycles. The van der Waals surface area contributed by atoms with Crippen LogP contribution in [0, 0.1) is 5.92 Å². The topological polar surface area (TPSA) is 68.2 Å². The highest BCUT2D eigenvalue weighted by atomic mass is 16.5. The second-order valence-corrected chi connectivity index (χ2v) is 5.75. The molecule has 0 aliphatic rings. The molecule has 25 heavy (non-hydrogen) atoms. The number of benzene rings is 2. The summed E-state index contributed by atoms with van der Waals surface area (Å²) in [5.74, 6) is 1.84. The van der Waals surface area contributed by atoms with Crippen molar-refractivity contribution in [1.29, 1.82) is 0 Å². The number of methoxy groups -OCH3 is 1. The van der Waals surface area contributed by atoms with Crippen LogP contribution in [0.2, 0.25) is 0 Å². The van der Waals surface area contributed by atoms with Crippen molar-refractivity contribution < 1.29 is 24.4 Å². The van der Waals surface area contributed by atoms with Crippen LogP contribution < -0.4 is 14.2 Å². The van der Waals surface area contributed by atoms with Crippen LogP contribution in [-0.2, 0) is 6.42 Å². The van der Waals surface area contributed by atoms with Crippen LogP contribution in [0.1, 0.15) is 12.5 Å². The normalized spacial score (nSPS) is 13.1. The molecule has 2 unspecified atom stereocenters. The van der Waals surface area contributed by atoms with Gasteiger partial charge in [-0.2, -0.15) is 0 Å². The van der Waals surface area contributed by atoms with Gasteiger partial charge in [0.2, 0.25) is 0 Å². The smallest absolute Gasteiger partial charge is 0.127 e. The van der Waals surface area contributed by atoms with Gasteiger partial charge in [0.05, 0.1) is 20.3 Å². The quantitative estimate of drug-likeness (QED) is 0.692. The molecule has 5 heteroatoms. The summed E-state index contributed by atoms with van der Waals surface area (Å²) >= 11 is 0. The lowest BCUT2D eigenvalue weighted by Gasteiger charge is -2.25. The Labute approximate surface area is 148 Å². The molecule has 0 bridgehead atoms. The Kier molecular flexibility index (Phi) is 7.57. The predicted molar refractivity (Wildman–Crippen MR) is 96.4 cm³/mol. The molecular weight excluding hydrogens is 320 g/mol. The highest BCUT2D eigenvalue weighted by Crippen LogP contribution is 2.24. The van der Waals surface area contributed by atoms with E-state index in [0.29, 0.717) is 24.5 Å². The third-order valence-corrected chi connectivity index (χ3v) is 3.98. The minimum absolute atomic E-state index is 0.0897. The highest BCUT2D eigenvalue weighted by Gasteiger charge is 2.23. The summed E-state index contributed by atoms with van der Waals surface area (Å²) in [6.45, 7) is 2.21. The molecular formula is C20H26O5. The number of aliphatic hydroxyl groups excluding tert-OH is 2. The van der Waals surface area contributed by atoms with Crippen LogP contribution in [0.3, 0.4) is 0 Å². The maximum atomic E-state index is 9.79. The molecule has 0 radical (unpaired) electrons. The summed E-state index contributed by atoms with van der Waals surface area (Å²) < 4.78 is 16.6. The fourth-order valence-corrected chi connectivity index (χ4v) is 2.68. The van der Waals surface area contributed by atoms with Gasteiger partial charge in [-0.05, 0) is 43.2 Å². The molecule has 2 aromatic carbocycles. The molecule has 2 rings (SSSR count). The summed E-state index contributed by atoms with van der Waals surface area (Å²) in [4.78, 5) is 0. The zero-order valence-electron chi connectivity index (χ0n) is 14.7. The maximum absolute atomic E-state index is 9.79. The number of rotatable bonds is 10. The van der Waals surface area contributed by atoms with E-state index in [0.717, 1.165) is 11.3 Å². The Hall–Kier alpha value is -2.24. The summed E-state index contributed by atoms with van der Waals surface area (Å²) in [5, 5.41) is 19.5. The first kappa shape index (κ1) is 19.1. The van der Waals surface area contributed by atoms with Gasteiger partial charge in [-0.1, -0.05) is 18.2 Å². The van der Waals surface area contributed by atoms with Gasteiger partial charge in [0.25, 0.3) is 0 Å². The van der Waals surface area contributed by atoms with Crippen molar-refractivity contribution in [1.82, 2.24) is 0 Å². The van der Waals surface area contributed by atoms with E-state index >= 15 is 0 Å². The monoisotopic (exact) mass is 346 g/mol. The van der Waals surface area contributed by atoms with E-state index in [4.69, 9.17) is 14.2 Å². The van der Waals surface area contributed by atoms with Crippen LogP contribution in [0.15, 0.2) is 48.5 Å². The summed E-state index contributed by atoms with van der Waals surface area (Å²) in [6, 6.07) is 15.0. The molecule has 0 saturated heterocycles. The van der Waals surface area contributed by atoms with Crippen LogP contribution in [0.25, 0.3) is 0 Å². The summed E-state index contributed by atoms with van der Waals surface area (Å²) in [7, 11) is 1.62. The molecule has 0 amide bonds. The molecule has 0 aliphatic carbocycles. The van der Waals surface area contributed by atoms with E-state index in [9.17, 15) is 10.2 Å².